The summed E-state index contributed by atoms with van der Waals surface area (Å²) in [7, 11) is 0. The molecular weight excluding hydrogens is 489 g/mol. The minimum absolute atomic E-state index is 0.117. The number of alkyl halides is 3. The molecule has 0 radical (unpaired) electrons. The fraction of sp³-hybridized carbons (Fsp3) is 0.222. The van der Waals surface area contributed by atoms with Gasteiger partial charge in [-0.1, -0.05) is 49.2 Å². The van der Waals surface area contributed by atoms with Crippen LogP contribution < -0.4 is 5.32 Å². The Morgan fingerprint density at radius 1 is 0.892 bits per heavy atom. The Bertz CT molecular complexity index is 1390. The molecule has 10 heteroatoms. The number of carboxylic acid groups (broad SMARTS) is 2. The van der Waals surface area contributed by atoms with Crippen molar-refractivity contribution in [1.82, 2.24) is 4.98 Å². The summed E-state index contributed by atoms with van der Waals surface area (Å²) in [6, 6.07) is 18.5. The predicted octanol–water partition coefficient (Wildman–Crippen LogP) is 7.85. The number of nitrogens with zero attached hydrogens (tertiary/aromatic N) is 1. The Kier molecular flexibility index (Phi) is 7.47. The van der Waals surface area contributed by atoms with E-state index < -0.39 is 17.9 Å². The van der Waals surface area contributed by atoms with E-state index in [4.69, 9.17) is 19.4 Å². The van der Waals surface area contributed by atoms with E-state index >= 15 is 0 Å². The maximum atomic E-state index is 12.9. The van der Waals surface area contributed by atoms with Crippen molar-refractivity contribution in [2.75, 3.05) is 5.32 Å². The fourth-order valence-electron chi connectivity index (χ4n) is 4.28. The van der Waals surface area contributed by atoms with E-state index in [1.165, 1.54) is 6.07 Å². The van der Waals surface area contributed by atoms with E-state index in [2.05, 4.69) is 10.3 Å². The highest BCUT2D eigenvalue weighted by molar-refractivity contribution is 5.98. The van der Waals surface area contributed by atoms with Gasteiger partial charge in [0, 0.05) is 17.2 Å². The smallest absolute Gasteiger partial charge is 0.450 e. The second-order valence-electron chi connectivity index (χ2n) is 8.61. The minimum atomic E-state index is -4.43. The second-order valence-corrected chi connectivity index (χ2v) is 8.61. The number of hydrogen-bond acceptors (Lipinski definition) is 5. The molecule has 0 bridgehead atoms. The van der Waals surface area contributed by atoms with Crippen molar-refractivity contribution < 1.29 is 37.4 Å². The first-order valence-corrected chi connectivity index (χ1v) is 11.5. The molecule has 1 aliphatic rings. The standard InChI is InChI=1S/C26H21F3N2O2.CH2O3/c27-26(28,29)20-11-14-23-22(15-20)31-25(33-23)30-21-12-9-17(10-13-21)16-5-7-19(8-6-16)24(32)18-3-1-2-4-18;2-1(3)4/h5-15,18H,1-4H2,(H,30,31);(H2,2,3,4). The molecule has 1 aliphatic carbocycles. The van der Waals surface area contributed by atoms with Gasteiger partial charge in [0.25, 0.3) is 6.01 Å². The van der Waals surface area contributed by atoms with Crippen LogP contribution >= 0.6 is 0 Å². The Morgan fingerprint density at radius 3 is 2.03 bits per heavy atom. The van der Waals surface area contributed by atoms with Crippen molar-refractivity contribution in [2.45, 2.75) is 31.9 Å². The highest BCUT2D eigenvalue weighted by atomic mass is 19.4. The Morgan fingerprint density at radius 2 is 1.46 bits per heavy atom. The molecule has 3 N–H and O–H groups in total. The van der Waals surface area contributed by atoms with Gasteiger partial charge in [-0.15, -0.1) is 0 Å². The van der Waals surface area contributed by atoms with Gasteiger partial charge in [-0.2, -0.15) is 18.2 Å². The number of hydrogen-bond donors (Lipinski definition) is 3. The minimum Gasteiger partial charge on any atom is -0.450 e. The fourth-order valence-corrected chi connectivity index (χ4v) is 4.28. The first kappa shape index (κ1) is 25.7. The summed E-state index contributed by atoms with van der Waals surface area (Å²) in [6.45, 7) is 0. The van der Waals surface area contributed by atoms with Crippen LogP contribution in [0.15, 0.2) is 71.1 Å². The van der Waals surface area contributed by atoms with Gasteiger partial charge in [-0.25, -0.2) is 4.79 Å². The van der Waals surface area contributed by atoms with Crippen LogP contribution in [0, 0.1) is 5.92 Å². The van der Waals surface area contributed by atoms with Crippen LogP contribution in [-0.2, 0) is 6.18 Å². The van der Waals surface area contributed by atoms with Crippen LogP contribution in [0.4, 0.5) is 29.7 Å². The lowest BCUT2D eigenvalue weighted by Crippen LogP contribution is -2.10. The first-order valence-electron chi connectivity index (χ1n) is 11.5. The summed E-state index contributed by atoms with van der Waals surface area (Å²) in [4.78, 5) is 25.2. The number of rotatable bonds is 5. The lowest BCUT2D eigenvalue weighted by molar-refractivity contribution is -0.137. The molecule has 7 nitrogen and oxygen atoms in total. The molecule has 0 spiro atoms. The zero-order valence-electron chi connectivity index (χ0n) is 19.5. The monoisotopic (exact) mass is 512 g/mol. The van der Waals surface area contributed by atoms with Crippen LogP contribution in [0.3, 0.4) is 0 Å². The number of halogens is 3. The number of benzene rings is 3. The van der Waals surface area contributed by atoms with Crippen molar-refractivity contribution >= 4 is 34.7 Å². The normalized spacial score (nSPS) is 13.7. The van der Waals surface area contributed by atoms with E-state index in [9.17, 15) is 18.0 Å². The number of carbonyl (C=O) groups excluding carboxylic acids is 1. The molecule has 5 rings (SSSR count). The van der Waals surface area contributed by atoms with Gasteiger partial charge in [0.2, 0.25) is 0 Å². The summed E-state index contributed by atoms with van der Waals surface area (Å²) in [5, 5.41) is 16.9. The van der Waals surface area contributed by atoms with Gasteiger partial charge in [0.1, 0.15) is 5.52 Å². The molecule has 0 aliphatic heterocycles. The van der Waals surface area contributed by atoms with E-state index in [0.717, 1.165) is 54.5 Å². The number of oxazole rings is 1. The van der Waals surface area contributed by atoms with Gasteiger partial charge in [-0.3, -0.25) is 4.79 Å². The van der Waals surface area contributed by atoms with Crippen LogP contribution in [0.25, 0.3) is 22.2 Å². The number of nitrogens with one attached hydrogen (secondary N) is 1. The maximum absolute atomic E-state index is 12.9. The zero-order valence-corrected chi connectivity index (χ0v) is 19.5. The van der Waals surface area contributed by atoms with Gasteiger partial charge in [0.15, 0.2) is 11.4 Å². The van der Waals surface area contributed by atoms with Gasteiger partial charge < -0.3 is 19.9 Å². The molecular formula is C27H23F3N2O5. The quantitative estimate of drug-likeness (QED) is 0.233. The van der Waals surface area contributed by atoms with E-state index in [1.807, 2.05) is 48.5 Å². The molecule has 1 fully saturated rings. The van der Waals surface area contributed by atoms with E-state index in [0.29, 0.717) is 5.69 Å². The topological polar surface area (TPSA) is 113 Å². The Balaban J connectivity index is 0.000000747. The highest BCUT2D eigenvalue weighted by Gasteiger charge is 2.31. The molecule has 37 heavy (non-hydrogen) atoms. The maximum Gasteiger partial charge on any atom is 0.503 e. The average Bonchev–Trinajstić information content (AvgIpc) is 3.53. The Labute approximate surface area is 209 Å². The molecule has 1 heterocycles. The van der Waals surface area contributed by atoms with Crippen molar-refractivity contribution in [3.8, 4) is 11.1 Å². The van der Waals surface area contributed by atoms with Crippen molar-refractivity contribution in [3.63, 3.8) is 0 Å². The summed E-state index contributed by atoms with van der Waals surface area (Å²) in [6.07, 6.45) is -2.03. The second kappa shape index (κ2) is 10.7. The highest BCUT2D eigenvalue weighted by Crippen LogP contribution is 2.33. The average molecular weight is 512 g/mol. The summed E-state index contributed by atoms with van der Waals surface area (Å²) >= 11 is 0. The SMILES string of the molecule is O=C(O)O.O=C(c1ccc(-c2ccc(Nc3nc4cc(C(F)(F)F)ccc4o3)cc2)cc1)C1CCCC1. The van der Waals surface area contributed by atoms with Crippen molar-refractivity contribution in [2.24, 2.45) is 5.92 Å². The van der Waals surface area contributed by atoms with Crippen LogP contribution in [0.1, 0.15) is 41.6 Å². The third-order valence-electron chi connectivity index (χ3n) is 6.08. The van der Waals surface area contributed by atoms with Crippen LogP contribution in [0.5, 0.6) is 0 Å². The summed E-state index contributed by atoms with van der Waals surface area (Å²) < 4.78 is 44.2. The third kappa shape index (κ3) is 6.46. The molecule has 0 atom stereocenters. The lowest BCUT2D eigenvalue weighted by Gasteiger charge is -2.09. The number of carbonyl (C=O) groups is 2. The number of aromatic nitrogens is 1. The van der Waals surface area contributed by atoms with Gasteiger partial charge in [0.05, 0.1) is 5.56 Å². The van der Waals surface area contributed by atoms with Crippen molar-refractivity contribution in [1.29, 1.82) is 0 Å². The van der Waals surface area contributed by atoms with Gasteiger partial charge in [-0.05, 0) is 54.3 Å². The zero-order chi connectivity index (χ0) is 26.6. The molecule has 192 valence electrons. The van der Waals surface area contributed by atoms with Gasteiger partial charge >= 0.3 is 12.3 Å². The number of anilines is 2. The van der Waals surface area contributed by atoms with Crippen LogP contribution in [-0.4, -0.2) is 27.1 Å². The molecule has 0 saturated heterocycles. The van der Waals surface area contributed by atoms with E-state index in [-0.39, 0.29) is 28.8 Å². The largest absolute Gasteiger partial charge is 0.503 e. The number of ketones is 1. The summed E-state index contributed by atoms with van der Waals surface area (Å²) in [5.74, 6) is 0.396. The Hall–Kier alpha value is -4.34. The lowest BCUT2D eigenvalue weighted by atomic mass is 9.94. The van der Waals surface area contributed by atoms with Crippen LogP contribution in [0.2, 0.25) is 0 Å². The molecule has 1 aromatic heterocycles. The van der Waals surface area contributed by atoms with Crippen molar-refractivity contribution in [3.05, 3.63) is 77.9 Å². The predicted molar refractivity (Wildman–Crippen MR) is 131 cm³/mol. The molecule has 0 unspecified atom stereocenters. The van der Waals surface area contributed by atoms with E-state index in [1.54, 1.807) is 0 Å². The molecule has 3 aromatic carbocycles. The summed E-state index contributed by atoms with van der Waals surface area (Å²) in [5.41, 5.74) is 3.06. The first-order chi connectivity index (χ1) is 17.6. The number of fused-ring (bicyclic) bond motifs is 1. The molecule has 4 aromatic rings. The molecule has 1 saturated carbocycles. The third-order valence-corrected chi connectivity index (χ3v) is 6.08. The number of Topliss-reactive ketones (excluding diaryl/α,β-unsaturated/α-hetero) is 1. The molecule has 0 amide bonds.